The zero-order chi connectivity index (χ0) is 18.5. The molecule has 10 heteroatoms. The average Bonchev–Trinajstić information content (AvgIpc) is 2.70. The molecule has 1 aliphatic heterocycles. The Balaban J connectivity index is 1.93. The van der Waals surface area contributed by atoms with E-state index in [-0.39, 0.29) is 31.1 Å². The Bertz CT molecular complexity index is 727. The highest BCUT2D eigenvalue weighted by molar-refractivity contribution is 8.00. The smallest absolute Gasteiger partial charge is 0.446 e. The number of nitriles is 1. The molecule has 0 radical (unpaired) electrons. The molecular formula is C15H12F5NO3S. The minimum absolute atomic E-state index is 0.0562. The van der Waals surface area contributed by atoms with Crippen molar-refractivity contribution in [3.8, 4) is 11.8 Å². The quantitative estimate of drug-likeness (QED) is 0.640. The van der Waals surface area contributed by atoms with Gasteiger partial charge < -0.3 is 14.6 Å². The van der Waals surface area contributed by atoms with Gasteiger partial charge in [-0.25, -0.2) is 8.78 Å². The molecule has 136 valence electrons. The van der Waals surface area contributed by atoms with Gasteiger partial charge in [0.15, 0.2) is 0 Å². The molecule has 1 aliphatic carbocycles. The van der Waals surface area contributed by atoms with Gasteiger partial charge in [-0.1, -0.05) is 0 Å². The van der Waals surface area contributed by atoms with Crippen LogP contribution in [0.2, 0.25) is 0 Å². The molecule has 1 N–H and O–H groups in total. The van der Waals surface area contributed by atoms with Crippen molar-refractivity contribution in [2.75, 3.05) is 19.8 Å². The molecule has 1 atom stereocenters. The second-order valence-corrected chi connectivity index (χ2v) is 7.12. The van der Waals surface area contributed by atoms with Crippen molar-refractivity contribution in [2.24, 2.45) is 5.41 Å². The number of ether oxygens (including phenoxy) is 2. The molecule has 0 amide bonds. The maximum absolute atomic E-state index is 13.9. The van der Waals surface area contributed by atoms with Crippen LogP contribution < -0.4 is 4.74 Å². The monoisotopic (exact) mass is 381 g/mol. The molecule has 25 heavy (non-hydrogen) atoms. The molecule has 1 unspecified atom stereocenters. The average molecular weight is 381 g/mol. The van der Waals surface area contributed by atoms with Gasteiger partial charge >= 0.3 is 5.51 Å². The lowest BCUT2D eigenvalue weighted by Crippen LogP contribution is -2.46. The zero-order valence-corrected chi connectivity index (χ0v) is 13.4. The number of nitrogens with zero attached hydrogens (tertiary/aromatic N) is 1. The van der Waals surface area contributed by atoms with Gasteiger partial charge in [0, 0.05) is 22.4 Å². The van der Waals surface area contributed by atoms with Gasteiger partial charge in [-0.2, -0.15) is 18.4 Å². The molecule has 4 nitrogen and oxygen atoms in total. The first-order chi connectivity index (χ1) is 11.6. The van der Waals surface area contributed by atoms with Crippen molar-refractivity contribution >= 4 is 11.8 Å². The summed E-state index contributed by atoms with van der Waals surface area (Å²) < 4.78 is 76.1. The molecule has 1 heterocycles. The van der Waals surface area contributed by atoms with Crippen LogP contribution in [0, 0.1) is 16.7 Å². The Morgan fingerprint density at radius 1 is 1.36 bits per heavy atom. The number of benzene rings is 1. The lowest BCUT2D eigenvalue weighted by atomic mass is 9.89. The molecule has 0 saturated carbocycles. The van der Waals surface area contributed by atoms with Crippen LogP contribution in [0.3, 0.4) is 0 Å². The standard InChI is InChI=1S/C15H12F5NO3S/c16-14(17)3-8-9(24-7-13(4-21)5-23-6-13)1-2-10(11(8)12(14)22)25-15(18,19)20/h1-2,12,22H,3,5-7H2. The van der Waals surface area contributed by atoms with E-state index in [4.69, 9.17) is 14.7 Å². The van der Waals surface area contributed by atoms with E-state index >= 15 is 0 Å². The van der Waals surface area contributed by atoms with Crippen LogP contribution in [-0.2, 0) is 11.2 Å². The molecule has 3 rings (SSSR count). The summed E-state index contributed by atoms with van der Waals surface area (Å²) in [5.74, 6) is -3.64. The third-order valence-corrected chi connectivity index (χ3v) is 4.89. The van der Waals surface area contributed by atoms with Crippen molar-refractivity contribution in [3.05, 3.63) is 23.3 Å². The fourth-order valence-corrected chi connectivity index (χ4v) is 3.47. The second kappa shape index (κ2) is 6.00. The van der Waals surface area contributed by atoms with Gasteiger partial charge in [-0.15, -0.1) is 0 Å². The molecule has 1 aromatic rings. The van der Waals surface area contributed by atoms with Crippen LogP contribution >= 0.6 is 11.8 Å². The maximum atomic E-state index is 13.9. The van der Waals surface area contributed by atoms with Crippen molar-refractivity contribution < 1.29 is 36.5 Å². The Kier molecular flexibility index (Phi) is 4.38. The topological polar surface area (TPSA) is 62.5 Å². The number of hydrogen-bond acceptors (Lipinski definition) is 5. The molecular weight excluding hydrogens is 369 g/mol. The van der Waals surface area contributed by atoms with Crippen molar-refractivity contribution in [1.82, 2.24) is 0 Å². The van der Waals surface area contributed by atoms with Crippen molar-refractivity contribution in [3.63, 3.8) is 0 Å². The van der Waals surface area contributed by atoms with Crippen molar-refractivity contribution in [1.29, 1.82) is 5.26 Å². The largest absolute Gasteiger partial charge is 0.491 e. The first-order valence-corrected chi connectivity index (χ1v) is 7.98. The molecule has 0 bridgehead atoms. The first kappa shape index (κ1) is 18.2. The SMILES string of the molecule is N#CC1(COc2ccc(SC(F)(F)F)c3c2CC(F)(F)C3O)COC1. The van der Waals surface area contributed by atoms with Gasteiger partial charge in [0.25, 0.3) is 5.92 Å². The minimum atomic E-state index is -4.68. The molecule has 0 spiro atoms. The highest BCUT2D eigenvalue weighted by Gasteiger charge is 2.50. The Morgan fingerprint density at radius 3 is 2.56 bits per heavy atom. The van der Waals surface area contributed by atoms with Gasteiger partial charge in [0.05, 0.1) is 19.3 Å². The lowest BCUT2D eigenvalue weighted by Gasteiger charge is -2.34. The highest BCUT2D eigenvalue weighted by Crippen LogP contribution is 2.52. The van der Waals surface area contributed by atoms with Crippen LogP contribution in [0.5, 0.6) is 5.75 Å². The predicted molar refractivity (Wildman–Crippen MR) is 76.3 cm³/mol. The van der Waals surface area contributed by atoms with Crippen LogP contribution in [-0.4, -0.2) is 36.4 Å². The summed E-state index contributed by atoms with van der Waals surface area (Å²) >= 11 is -0.558. The molecule has 0 aromatic heterocycles. The highest BCUT2D eigenvalue weighted by atomic mass is 32.2. The lowest BCUT2D eigenvalue weighted by molar-refractivity contribution is -0.0989. The van der Waals surface area contributed by atoms with Crippen LogP contribution in [0.25, 0.3) is 0 Å². The number of aliphatic hydroxyl groups is 1. The summed E-state index contributed by atoms with van der Waals surface area (Å²) in [6.45, 7) is 0.127. The minimum Gasteiger partial charge on any atom is -0.491 e. The number of alkyl halides is 5. The Hall–Kier alpha value is -1.57. The molecule has 2 aliphatic rings. The number of halogens is 5. The fraction of sp³-hybridized carbons (Fsp3) is 0.533. The van der Waals surface area contributed by atoms with E-state index in [1.165, 1.54) is 0 Å². The number of thioether (sulfide) groups is 1. The second-order valence-electron chi connectivity index (χ2n) is 6.02. The van der Waals surface area contributed by atoms with E-state index < -0.39 is 51.6 Å². The van der Waals surface area contributed by atoms with E-state index in [0.717, 1.165) is 12.1 Å². The van der Waals surface area contributed by atoms with Crippen molar-refractivity contribution in [2.45, 2.75) is 28.9 Å². The molecule has 1 saturated heterocycles. The zero-order valence-electron chi connectivity index (χ0n) is 12.6. The fourth-order valence-electron chi connectivity index (χ4n) is 2.74. The van der Waals surface area contributed by atoms with E-state index in [1.807, 2.05) is 6.07 Å². The normalized spacial score (nSPS) is 23.5. The van der Waals surface area contributed by atoms with Gasteiger partial charge in [-0.3, -0.25) is 0 Å². The van der Waals surface area contributed by atoms with Gasteiger partial charge in [0.1, 0.15) is 23.9 Å². The number of aliphatic hydroxyl groups excluding tert-OH is 1. The summed E-state index contributed by atoms with van der Waals surface area (Å²) in [5.41, 5.74) is -6.21. The maximum Gasteiger partial charge on any atom is 0.446 e. The van der Waals surface area contributed by atoms with Crippen LogP contribution in [0.1, 0.15) is 17.2 Å². The van der Waals surface area contributed by atoms with E-state index in [9.17, 15) is 27.1 Å². The molecule has 1 fully saturated rings. The predicted octanol–water partition coefficient (Wildman–Crippen LogP) is 3.44. The number of hydrogen-bond donors (Lipinski definition) is 1. The van der Waals surface area contributed by atoms with Gasteiger partial charge in [0.2, 0.25) is 0 Å². The number of rotatable bonds is 4. The first-order valence-electron chi connectivity index (χ1n) is 7.16. The third-order valence-electron chi connectivity index (χ3n) is 4.08. The summed E-state index contributed by atoms with van der Waals surface area (Å²) in [5, 5.41) is 18.9. The Labute approximate surface area is 143 Å². The van der Waals surface area contributed by atoms with Crippen LogP contribution in [0.4, 0.5) is 22.0 Å². The van der Waals surface area contributed by atoms with Crippen LogP contribution in [0.15, 0.2) is 17.0 Å². The Morgan fingerprint density at radius 2 is 2.04 bits per heavy atom. The number of fused-ring (bicyclic) bond motifs is 1. The summed E-state index contributed by atoms with van der Waals surface area (Å²) in [6, 6.07) is 4.17. The summed E-state index contributed by atoms with van der Waals surface area (Å²) in [4.78, 5) is -0.485. The van der Waals surface area contributed by atoms with E-state index in [1.54, 1.807) is 0 Å². The third kappa shape index (κ3) is 3.41. The summed E-state index contributed by atoms with van der Waals surface area (Å²) in [6.07, 6.45) is -3.27. The van der Waals surface area contributed by atoms with Gasteiger partial charge in [-0.05, 0) is 23.9 Å². The molecule has 1 aromatic carbocycles. The van der Waals surface area contributed by atoms with E-state index in [0.29, 0.717) is 0 Å². The summed E-state index contributed by atoms with van der Waals surface area (Å²) in [7, 11) is 0. The van der Waals surface area contributed by atoms with E-state index in [2.05, 4.69) is 0 Å².